The lowest BCUT2D eigenvalue weighted by Gasteiger charge is -2.18. The van der Waals surface area contributed by atoms with Crippen molar-refractivity contribution in [3.8, 4) is 22.5 Å². The van der Waals surface area contributed by atoms with Gasteiger partial charge in [0.15, 0.2) is 11.6 Å². The molecular weight excluding hydrogens is 601 g/mol. The summed E-state index contributed by atoms with van der Waals surface area (Å²) in [7, 11) is 0. The van der Waals surface area contributed by atoms with Crippen molar-refractivity contribution in [3.63, 3.8) is 0 Å². The zero-order chi connectivity index (χ0) is 31.5. The number of Topliss-reactive ketones (excluding diaryl/α,β-unsaturated/α-hetero) is 2. The summed E-state index contributed by atoms with van der Waals surface area (Å²) in [5, 5.41) is 16.3. The summed E-state index contributed by atoms with van der Waals surface area (Å²) in [4.78, 5) is 26.1. The Balaban J connectivity index is 0.000000246. The molecule has 0 amide bonds. The Hall–Kier alpha value is -4.73. The van der Waals surface area contributed by atoms with E-state index in [2.05, 4.69) is 25.3 Å². The fraction of sp³-hybridized carbons (Fsp3) is 0.188. The molecule has 0 fully saturated rings. The zero-order valence-electron chi connectivity index (χ0n) is 24.0. The number of azide groups is 1. The second-order valence-corrected chi connectivity index (χ2v) is 10.6. The first kappa shape index (κ1) is 32.2. The number of benzene rings is 3. The Labute approximate surface area is 264 Å². The Kier molecular flexibility index (Phi) is 11.5. The average Bonchev–Trinajstić information content (AvgIpc) is 3.70. The lowest BCUT2D eigenvalue weighted by atomic mass is 10.1. The highest BCUT2D eigenvalue weighted by Crippen LogP contribution is 2.24. The number of rotatable bonds is 11. The topological polar surface area (TPSA) is 139 Å². The van der Waals surface area contributed by atoms with Crippen LogP contribution >= 0.6 is 23.2 Å². The van der Waals surface area contributed by atoms with Gasteiger partial charge in [-0.2, -0.15) is 10.2 Å². The van der Waals surface area contributed by atoms with Crippen molar-refractivity contribution in [2.45, 2.75) is 26.5 Å². The predicted molar refractivity (Wildman–Crippen MR) is 171 cm³/mol. The highest BCUT2D eigenvalue weighted by Gasteiger charge is 2.20. The summed E-state index contributed by atoms with van der Waals surface area (Å²) in [5.74, 6) is -0.158. The molecular formula is C32H29Cl2N7O3. The third kappa shape index (κ3) is 8.89. The number of nitrogens with one attached hydrogen (secondary N) is 1. The van der Waals surface area contributed by atoms with Crippen molar-refractivity contribution in [3.05, 3.63) is 128 Å². The lowest BCUT2D eigenvalue weighted by molar-refractivity contribution is 0.0852. The molecule has 224 valence electrons. The lowest BCUT2D eigenvalue weighted by Crippen LogP contribution is -2.23. The van der Waals surface area contributed by atoms with Gasteiger partial charge < -0.3 is 4.74 Å². The standard InChI is InChI=1S/C21H20ClN5O2.C11H9ClN2O/c1-15(28)21-11-20(17-7-9-18(22)10-8-17)25-27(21)19(12-24-26-23)14-29-13-16-5-3-2-4-6-16;1-7(15)10-6-11(14-13-10)8-2-4-9(12)5-3-8/h2-11,19H,12-14H2,1H3;2-6H,1H3,(H,13,14). The van der Waals surface area contributed by atoms with Gasteiger partial charge in [0.2, 0.25) is 0 Å². The van der Waals surface area contributed by atoms with Crippen molar-refractivity contribution < 1.29 is 14.3 Å². The highest BCUT2D eigenvalue weighted by atomic mass is 35.5. The van der Waals surface area contributed by atoms with Crippen LogP contribution in [0.15, 0.2) is 96.1 Å². The second-order valence-electron chi connectivity index (χ2n) is 9.72. The fourth-order valence-corrected chi connectivity index (χ4v) is 4.44. The Morgan fingerprint density at radius 1 is 0.909 bits per heavy atom. The third-order valence-corrected chi connectivity index (χ3v) is 6.96. The van der Waals surface area contributed by atoms with Gasteiger partial charge in [-0.05, 0) is 47.5 Å². The highest BCUT2D eigenvalue weighted by molar-refractivity contribution is 6.30. The Bertz CT molecular complexity index is 1740. The van der Waals surface area contributed by atoms with Crippen LogP contribution in [0.1, 0.15) is 46.4 Å². The first-order valence-electron chi connectivity index (χ1n) is 13.6. The van der Waals surface area contributed by atoms with Crippen LogP contribution in [0.5, 0.6) is 0 Å². The fourth-order valence-electron chi connectivity index (χ4n) is 4.19. The summed E-state index contributed by atoms with van der Waals surface area (Å²) < 4.78 is 7.42. The number of hydrogen-bond donors (Lipinski definition) is 1. The molecule has 0 saturated heterocycles. The largest absolute Gasteiger partial charge is 0.375 e. The summed E-state index contributed by atoms with van der Waals surface area (Å²) >= 11 is 11.7. The number of H-pyrrole nitrogens is 1. The number of hydrogen-bond acceptors (Lipinski definition) is 6. The maximum absolute atomic E-state index is 12.2. The number of ketones is 2. The van der Waals surface area contributed by atoms with Crippen LogP contribution in [-0.2, 0) is 11.3 Å². The molecule has 0 aliphatic heterocycles. The van der Waals surface area contributed by atoms with Crippen LogP contribution < -0.4 is 0 Å². The molecule has 0 aliphatic rings. The number of halogens is 2. The molecule has 0 spiro atoms. The maximum atomic E-state index is 12.2. The Morgan fingerprint density at radius 2 is 1.52 bits per heavy atom. The van der Waals surface area contributed by atoms with E-state index in [1.165, 1.54) is 13.8 Å². The van der Waals surface area contributed by atoms with E-state index in [-0.39, 0.29) is 24.7 Å². The van der Waals surface area contributed by atoms with Crippen molar-refractivity contribution in [2.24, 2.45) is 5.11 Å². The van der Waals surface area contributed by atoms with E-state index < -0.39 is 6.04 Å². The van der Waals surface area contributed by atoms with Gasteiger partial charge in [0.1, 0.15) is 11.4 Å². The van der Waals surface area contributed by atoms with Crippen molar-refractivity contribution in [1.82, 2.24) is 20.0 Å². The van der Waals surface area contributed by atoms with Gasteiger partial charge in [0.05, 0.1) is 37.2 Å². The number of ether oxygens (including phenoxy) is 1. The van der Waals surface area contributed by atoms with Crippen molar-refractivity contribution in [2.75, 3.05) is 13.2 Å². The minimum Gasteiger partial charge on any atom is -0.375 e. The number of carbonyl (C=O) groups excluding carboxylic acids is 2. The normalized spacial score (nSPS) is 11.2. The summed E-state index contributed by atoms with van der Waals surface area (Å²) in [5.41, 5.74) is 13.9. The molecule has 1 atom stereocenters. The second kappa shape index (κ2) is 15.7. The van der Waals surface area contributed by atoms with Crippen LogP contribution in [0, 0.1) is 0 Å². The first-order chi connectivity index (χ1) is 21.2. The number of carbonyl (C=O) groups is 2. The van der Waals surface area contributed by atoms with Gasteiger partial charge in [-0.15, -0.1) is 0 Å². The third-order valence-electron chi connectivity index (χ3n) is 6.46. The van der Waals surface area contributed by atoms with Crippen LogP contribution in [0.25, 0.3) is 33.0 Å². The molecule has 1 N–H and O–H groups in total. The molecule has 5 rings (SSSR count). The number of nitrogens with zero attached hydrogens (tertiary/aromatic N) is 6. The molecule has 12 heteroatoms. The average molecular weight is 631 g/mol. The van der Waals surface area contributed by atoms with Crippen LogP contribution in [0.2, 0.25) is 10.0 Å². The molecule has 3 aromatic carbocycles. The molecule has 0 bridgehead atoms. The summed E-state index contributed by atoms with van der Waals surface area (Å²) in [6.07, 6.45) is 0. The number of aromatic amines is 1. The molecule has 0 saturated carbocycles. The Morgan fingerprint density at radius 3 is 2.07 bits per heavy atom. The van der Waals surface area contributed by atoms with E-state index in [0.717, 1.165) is 22.4 Å². The van der Waals surface area contributed by atoms with Crippen LogP contribution in [0.4, 0.5) is 0 Å². The minimum absolute atomic E-state index is 0.0253. The SMILES string of the molecule is CC(=O)c1cc(-c2ccc(Cl)cc2)n[nH]1.CC(=O)c1cc(-c2ccc(Cl)cc2)nn1C(CN=[N+]=[N-])COCc1ccccc1. The van der Waals surface area contributed by atoms with Crippen molar-refractivity contribution in [1.29, 1.82) is 0 Å². The monoisotopic (exact) mass is 629 g/mol. The van der Waals surface area contributed by atoms with E-state index >= 15 is 0 Å². The summed E-state index contributed by atoms with van der Waals surface area (Å²) in [6, 6.07) is 27.3. The van der Waals surface area contributed by atoms with Gasteiger partial charge in [-0.1, -0.05) is 82.9 Å². The van der Waals surface area contributed by atoms with Gasteiger partial charge >= 0.3 is 0 Å². The van der Waals surface area contributed by atoms with Gasteiger partial charge in [0.25, 0.3) is 0 Å². The smallest absolute Gasteiger partial charge is 0.177 e. The molecule has 0 aliphatic carbocycles. The minimum atomic E-state index is -0.408. The molecule has 2 aromatic heterocycles. The quantitative estimate of drug-likeness (QED) is 0.0676. The number of aromatic nitrogens is 4. The molecule has 10 nitrogen and oxygen atoms in total. The maximum Gasteiger partial charge on any atom is 0.177 e. The predicted octanol–water partition coefficient (Wildman–Crippen LogP) is 8.41. The molecule has 5 aromatic rings. The van der Waals surface area contributed by atoms with E-state index in [1.54, 1.807) is 41.1 Å². The molecule has 1 unspecified atom stereocenters. The zero-order valence-corrected chi connectivity index (χ0v) is 25.5. The summed E-state index contributed by atoms with van der Waals surface area (Å²) in [6.45, 7) is 3.76. The van der Waals surface area contributed by atoms with Gasteiger partial charge in [0, 0.05) is 39.9 Å². The van der Waals surface area contributed by atoms with Crippen LogP contribution in [-0.4, -0.2) is 44.7 Å². The van der Waals surface area contributed by atoms with Gasteiger partial charge in [-0.25, -0.2) is 0 Å². The molecule has 44 heavy (non-hydrogen) atoms. The van der Waals surface area contributed by atoms with E-state index in [4.69, 9.17) is 33.5 Å². The van der Waals surface area contributed by atoms with Crippen molar-refractivity contribution >= 4 is 34.8 Å². The van der Waals surface area contributed by atoms with Gasteiger partial charge in [-0.3, -0.25) is 19.4 Å². The van der Waals surface area contributed by atoms with E-state index in [1.807, 2.05) is 54.6 Å². The van der Waals surface area contributed by atoms with E-state index in [9.17, 15) is 9.59 Å². The van der Waals surface area contributed by atoms with E-state index in [0.29, 0.717) is 33.7 Å². The molecule has 2 heterocycles. The first-order valence-corrected chi connectivity index (χ1v) is 14.3. The van der Waals surface area contributed by atoms with Crippen LogP contribution in [0.3, 0.4) is 0 Å². The molecule has 0 radical (unpaired) electrons.